The Balaban J connectivity index is 1.67. The van der Waals surface area contributed by atoms with Gasteiger partial charge in [0.2, 0.25) is 10.0 Å². The third-order valence-electron chi connectivity index (χ3n) is 4.47. The van der Waals surface area contributed by atoms with Gasteiger partial charge in [-0.15, -0.1) is 0 Å². The van der Waals surface area contributed by atoms with Gasteiger partial charge < -0.3 is 5.32 Å². The van der Waals surface area contributed by atoms with Crippen LogP contribution in [0.15, 0.2) is 42.5 Å². The lowest BCUT2D eigenvalue weighted by molar-refractivity contribution is 0.102. The normalized spacial score (nSPS) is 15.5. The molecule has 2 aromatic rings. The van der Waals surface area contributed by atoms with Crippen molar-refractivity contribution >= 4 is 44.8 Å². The first kappa shape index (κ1) is 20.1. The zero-order valence-electron chi connectivity index (χ0n) is 14.6. The number of carbonyl (C=O) groups is 1. The summed E-state index contributed by atoms with van der Waals surface area (Å²) in [6.07, 6.45) is 2.89. The number of rotatable bonds is 5. The number of hydrogen-bond donors (Lipinski definition) is 1. The fourth-order valence-corrected chi connectivity index (χ4v) is 4.95. The number of amides is 1. The van der Waals surface area contributed by atoms with Crippen molar-refractivity contribution in [3.8, 4) is 0 Å². The van der Waals surface area contributed by atoms with Crippen LogP contribution in [-0.4, -0.2) is 31.7 Å². The second-order valence-corrected chi connectivity index (χ2v) is 9.22. The molecule has 27 heavy (non-hydrogen) atoms. The monoisotopic (exact) mass is 426 g/mol. The molecule has 0 aliphatic carbocycles. The Labute approximate surface area is 169 Å². The number of anilines is 1. The number of carbonyl (C=O) groups excluding carboxylic acids is 1. The van der Waals surface area contributed by atoms with Gasteiger partial charge >= 0.3 is 0 Å². The van der Waals surface area contributed by atoms with E-state index in [0.717, 1.165) is 19.3 Å². The van der Waals surface area contributed by atoms with Crippen molar-refractivity contribution in [1.82, 2.24) is 4.31 Å². The van der Waals surface area contributed by atoms with Gasteiger partial charge in [0.05, 0.1) is 21.5 Å². The summed E-state index contributed by atoms with van der Waals surface area (Å²) in [5.74, 6) is -0.403. The lowest BCUT2D eigenvalue weighted by Crippen LogP contribution is -2.36. The van der Waals surface area contributed by atoms with Gasteiger partial charge in [0.25, 0.3) is 5.91 Å². The third-order valence-corrected chi connectivity index (χ3v) is 7.14. The molecule has 1 aliphatic rings. The van der Waals surface area contributed by atoms with E-state index in [-0.39, 0.29) is 16.7 Å². The van der Waals surface area contributed by atoms with Crippen LogP contribution in [0.2, 0.25) is 10.0 Å². The maximum absolute atomic E-state index is 12.5. The third kappa shape index (κ3) is 5.02. The molecule has 0 aromatic heterocycles. The maximum atomic E-state index is 12.5. The van der Waals surface area contributed by atoms with E-state index in [1.807, 2.05) is 0 Å². The highest BCUT2D eigenvalue weighted by Crippen LogP contribution is 2.29. The van der Waals surface area contributed by atoms with Crippen molar-refractivity contribution in [3.63, 3.8) is 0 Å². The average Bonchev–Trinajstić information content (AvgIpc) is 2.66. The Morgan fingerprint density at radius 1 is 1.00 bits per heavy atom. The van der Waals surface area contributed by atoms with Gasteiger partial charge in [0.15, 0.2) is 0 Å². The van der Waals surface area contributed by atoms with Crippen LogP contribution in [0.3, 0.4) is 0 Å². The summed E-state index contributed by atoms with van der Waals surface area (Å²) in [5.41, 5.74) is 1.48. The van der Waals surface area contributed by atoms with E-state index in [1.54, 1.807) is 46.8 Å². The number of nitrogens with zero attached hydrogens (tertiary/aromatic N) is 1. The van der Waals surface area contributed by atoms with E-state index >= 15 is 0 Å². The lowest BCUT2D eigenvalue weighted by Gasteiger charge is -2.25. The molecular formula is C19H20Cl2N2O3S. The number of sulfonamides is 1. The van der Waals surface area contributed by atoms with Gasteiger partial charge in [0, 0.05) is 18.7 Å². The van der Waals surface area contributed by atoms with Crippen LogP contribution in [0.25, 0.3) is 0 Å². The molecule has 0 spiro atoms. The molecule has 0 unspecified atom stereocenters. The number of nitrogens with one attached hydrogen (secondary N) is 1. The van der Waals surface area contributed by atoms with Crippen molar-refractivity contribution in [2.45, 2.75) is 25.0 Å². The van der Waals surface area contributed by atoms with Crippen LogP contribution in [0.5, 0.6) is 0 Å². The zero-order valence-corrected chi connectivity index (χ0v) is 16.9. The molecule has 3 rings (SSSR count). The fraction of sp³-hybridized carbons (Fsp3) is 0.316. The Kier molecular flexibility index (Phi) is 6.42. The first-order valence-corrected chi connectivity index (χ1v) is 11.1. The molecule has 1 amide bonds. The van der Waals surface area contributed by atoms with E-state index in [0.29, 0.717) is 34.9 Å². The molecule has 0 bridgehead atoms. The van der Waals surface area contributed by atoms with Crippen molar-refractivity contribution in [3.05, 3.63) is 63.6 Å². The molecule has 1 saturated heterocycles. The van der Waals surface area contributed by atoms with E-state index in [2.05, 4.69) is 5.32 Å². The topological polar surface area (TPSA) is 66.5 Å². The number of hydrogen-bond acceptors (Lipinski definition) is 3. The molecule has 1 heterocycles. The molecule has 144 valence electrons. The summed E-state index contributed by atoms with van der Waals surface area (Å²) in [4.78, 5) is 12.4. The van der Waals surface area contributed by atoms with E-state index in [4.69, 9.17) is 23.2 Å². The van der Waals surface area contributed by atoms with Gasteiger partial charge in [-0.1, -0.05) is 47.8 Å². The SMILES string of the molecule is O=C(Nc1cccc(Cl)c1Cl)c1ccc(CS(=O)(=O)N2CCCCC2)cc1. The summed E-state index contributed by atoms with van der Waals surface area (Å²) in [6, 6.07) is 11.5. The largest absolute Gasteiger partial charge is 0.321 e. The van der Waals surface area contributed by atoms with Gasteiger partial charge in [-0.2, -0.15) is 0 Å². The molecule has 8 heteroatoms. The fourth-order valence-electron chi connectivity index (χ4n) is 2.99. The Bertz CT molecular complexity index is 924. The van der Waals surface area contributed by atoms with Crippen molar-refractivity contribution < 1.29 is 13.2 Å². The minimum Gasteiger partial charge on any atom is -0.321 e. The van der Waals surface area contributed by atoms with E-state index < -0.39 is 10.0 Å². The second-order valence-electron chi connectivity index (χ2n) is 6.47. The average molecular weight is 427 g/mol. The van der Waals surface area contributed by atoms with Crippen LogP contribution in [0.4, 0.5) is 5.69 Å². The van der Waals surface area contributed by atoms with Gasteiger partial charge in [0.1, 0.15) is 0 Å². The predicted molar refractivity (Wildman–Crippen MR) is 109 cm³/mol. The second kappa shape index (κ2) is 8.61. The zero-order chi connectivity index (χ0) is 19.4. The number of piperidine rings is 1. The summed E-state index contributed by atoms with van der Waals surface area (Å²) in [5, 5.41) is 3.33. The van der Waals surface area contributed by atoms with Crippen molar-refractivity contribution in [1.29, 1.82) is 0 Å². The molecule has 2 aromatic carbocycles. The summed E-state index contributed by atoms with van der Waals surface area (Å²) in [6.45, 7) is 1.17. The Hall–Kier alpha value is -1.60. The highest BCUT2D eigenvalue weighted by atomic mass is 35.5. The van der Waals surface area contributed by atoms with Gasteiger partial charge in [-0.25, -0.2) is 12.7 Å². The molecule has 0 atom stereocenters. The first-order chi connectivity index (χ1) is 12.9. The summed E-state index contributed by atoms with van der Waals surface area (Å²) < 4.78 is 26.6. The van der Waals surface area contributed by atoms with E-state index in [9.17, 15) is 13.2 Å². The van der Waals surface area contributed by atoms with Crippen molar-refractivity contribution in [2.24, 2.45) is 0 Å². The smallest absolute Gasteiger partial charge is 0.255 e. The number of halogens is 2. The maximum Gasteiger partial charge on any atom is 0.255 e. The Morgan fingerprint density at radius 3 is 2.33 bits per heavy atom. The van der Waals surface area contributed by atoms with Gasteiger partial charge in [-0.3, -0.25) is 4.79 Å². The molecular weight excluding hydrogens is 407 g/mol. The Morgan fingerprint density at radius 2 is 1.67 bits per heavy atom. The highest BCUT2D eigenvalue weighted by Gasteiger charge is 2.24. The van der Waals surface area contributed by atoms with Crippen LogP contribution < -0.4 is 5.32 Å². The minimum absolute atomic E-state index is 0.0605. The standard InChI is InChI=1S/C19H20Cl2N2O3S/c20-16-5-4-6-17(18(16)21)22-19(24)15-9-7-14(8-10-15)13-27(25,26)23-11-2-1-3-12-23/h4-10H,1-3,11-13H2,(H,22,24). The van der Waals surface area contributed by atoms with E-state index in [1.165, 1.54) is 0 Å². The molecule has 0 saturated carbocycles. The van der Waals surface area contributed by atoms with Crippen LogP contribution in [0.1, 0.15) is 35.2 Å². The number of benzene rings is 2. The molecule has 0 radical (unpaired) electrons. The highest BCUT2D eigenvalue weighted by molar-refractivity contribution is 7.88. The van der Waals surface area contributed by atoms with Crippen LogP contribution in [0, 0.1) is 0 Å². The first-order valence-electron chi connectivity index (χ1n) is 8.69. The van der Waals surface area contributed by atoms with Gasteiger partial charge in [-0.05, 0) is 42.7 Å². The quantitative estimate of drug-likeness (QED) is 0.761. The summed E-state index contributed by atoms with van der Waals surface area (Å²) >= 11 is 12.0. The van der Waals surface area contributed by atoms with Crippen LogP contribution >= 0.6 is 23.2 Å². The molecule has 1 N–H and O–H groups in total. The van der Waals surface area contributed by atoms with Crippen LogP contribution in [-0.2, 0) is 15.8 Å². The lowest BCUT2D eigenvalue weighted by atomic mass is 10.1. The molecule has 1 fully saturated rings. The molecule has 5 nitrogen and oxygen atoms in total. The van der Waals surface area contributed by atoms with Crippen molar-refractivity contribution in [2.75, 3.05) is 18.4 Å². The predicted octanol–water partition coefficient (Wildman–Crippen LogP) is 4.56. The minimum atomic E-state index is -3.33. The molecule has 1 aliphatic heterocycles. The summed E-state index contributed by atoms with van der Waals surface area (Å²) in [7, 11) is -3.33.